The summed E-state index contributed by atoms with van der Waals surface area (Å²) in [7, 11) is 0. The molecule has 0 amide bonds. The third-order valence-electron chi connectivity index (χ3n) is 6.04. The maximum Gasteiger partial charge on any atom is 0.573 e. The van der Waals surface area contributed by atoms with Gasteiger partial charge in [-0.15, -0.1) is 13.2 Å². The summed E-state index contributed by atoms with van der Waals surface area (Å²) in [6, 6.07) is 3.22. The molecule has 5 nitrogen and oxygen atoms in total. The third-order valence-corrected chi connectivity index (χ3v) is 6.34. The highest BCUT2D eigenvalue weighted by molar-refractivity contribution is 6.33. The third kappa shape index (κ3) is 2.45. The highest BCUT2D eigenvalue weighted by Crippen LogP contribution is 2.55. The van der Waals surface area contributed by atoms with Crippen LogP contribution in [0, 0.1) is 5.92 Å². The van der Waals surface area contributed by atoms with Crippen LogP contribution in [-0.2, 0) is 0 Å². The summed E-state index contributed by atoms with van der Waals surface area (Å²) >= 11 is 5.88. The smallest absolute Gasteiger partial charge is 0.400 e. The van der Waals surface area contributed by atoms with Gasteiger partial charge in [0.15, 0.2) is 11.6 Å². The first kappa shape index (κ1) is 16.5. The van der Waals surface area contributed by atoms with Gasteiger partial charge < -0.3 is 14.6 Å². The minimum absolute atomic E-state index is 0.0940. The highest BCUT2D eigenvalue weighted by atomic mass is 35.5. The van der Waals surface area contributed by atoms with E-state index in [1.165, 1.54) is 6.07 Å². The van der Waals surface area contributed by atoms with E-state index in [-0.39, 0.29) is 22.2 Å². The highest BCUT2D eigenvalue weighted by Gasteiger charge is 2.60. The van der Waals surface area contributed by atoms with Crippen LogP contribution in [0.4, 0.5) is 19.0 Å². The first-order valence-corrected chi connectivity index (χ1v) is 9.10. The lowest BCUT2D eigenvalue weighted by Crippen LogP contribution is -2.62. The molecule has 9 heteroatoms. The SMILES string of the molecule is FC(F)(F)Oc1c(Cl)ccc2c(N[C@H]3C4CCN(CC4)C34CC4)noc12. The lowest BCUT2D eigenvalue weighted by Gasteiger charge is -2.52. The fourth-order valence-corrected chi connectivity index (χ4v) is 4.93. The molecular weight excluding hydrogens is 371 g/mol. The zero-order valence-corrected chi connectivity index (χ0v) is 14.5. The van der Waals surface area contributed by atoms with Gasteiger partial charge >= 0.3 is 6.36 Å². The van der Waals surface area contributed by atoms with Crippen LogP contribution in [0.25, 0.3) is 11.0 Å². The monoisotopic (exact) mass is 387 g/mol. The lowest BCUT2D eigenvalue weighted by atomic mass is 9.77. The summed E-state index contributed by atoms with van der Waals surface area (Å²) in [6.07, 6.45) is -0.310. The maximum absolute atomic E-state index is 12.7. The Balaban J connectivity index is 1.50. The Bertz CT molecular complexity index is 857. The Hall–Kier alpha value is -1.67. The maximum atomic E-state index is 12.7. The molecule has 2 bridgehead atoms. The molecule has 4 aliphatic rings. The van der Waals surface area contributed by atoms with Gasteiger partial charge in [-0.05, 0) is 56.8 Å². The Labute approximate surface area is 152 Å². The summed E-state index contributed by atoms with van der Waals surface area (Å²) in [5.74, 6) is 0.452. The lowest BCUT2D eigenvalue weighted by molar-refractivity contribution is -0.274. The molecule has 1 N–H and O–H groups in total. The van der Waals surface area contributed by atoms with Crippen LogP contribution >= 0.6 is 11.6 Å². The molecule has 0 radical (unpaired) electrons. The molecule has 26 heavy (non-hydrogen) atoms. The molecule has 1 spiro atoms. The average Bonchev–Trinajstić information content (AvgIpc) is 3.27. The van der Waals surface area contributed by atoms with E-state index in [1.54, 1.807) is 6.07 Å². The van der Waals surface area contributed by atoms with Gasteiger partial charge in [-0.3, -0.25) is 4.90 Å². The van der Waals surface area contributed by atoms with Crippen LogP contribution in [0.3, 0.4) is 0 Å². The normalized spacial score (nSPS) is 29.3. The Morgan fingerprint density at radius 1 is 1.27 bits per heavy atom. The molecule has 1 aromatic carbocycles. The molecule has 6 rings (SSSR count). The van der Waals surface area contributed by atoms with Crippen molar-refractivity contribution in [2.24, 2.45) is 5.92 Å². The van der Waals surface area contributed by atoms with E-state index >= 15 is 0 Å². The van der Waals surface area contributed by atoms with Crippen molar-refractivity contribution in [3.8, 4) is 5.75 Å². The number of fused-ring (bicyclic) bond motifs is 3. The van der Waals surface area contributed by atoms with Crippen molar-refractivity contribution in [1.29, 1.82) is 0 Å². The van der Waals surface area contributed by atoms with E-state index in [0.29, 0.717) is 17.1 Å². The van der Waals surface area contributed by atoms with Crippen molar-refractivity contribution in [1.82, 2.24) is 10.1 Å². The van der Waals surface area contributed by atoms with Crippen LogP contribution < -0.4 is 10.1 Å². The van der Waals surface area contributed by atoms with Crippen molar-refractivity contribution in [3.05, 3.63) is 17.2 Å². The number of hydrogen-bond acceptors (Lipinski definition) is 5. The fourth-order valence-electron chi connectivity index (χ4n) is 4.74. The summed E-state index contributed by atoms with van der Waals surface area (Å²) in [5, 5.41) is 7.74. The molecule has 1 atom stereocenters. The molecule has 140 valence electrons. The zero-order chi connectivity index (χ0) is 18.1. The predicted octanol–water partition coefficient (Wildman–Crippen LogP) is 4.42. The fraction of sp³-hybridized carbons (Fsp3) is 0.588. The van der Waals surface area contributed by atoms with Crippen molar-refractivity contribution in [3.63, 3.8) is 0 Å². The van der Waals surface area contributed by atoms with Crippen molar-refractivity contribution < 1.29 is 22.4 Å². The van der Waals surface area contributed by atoms with E-state index < -0.39 is 12.1 Å². The van der Waals surface area contributed by atoms with E-state index in [0.717, 1.165) is 38.8 Å². The quantitative estimate of drug-likeness (QED) is 0.845. The van der Waals surface area contributed by atoms with Crippen molar-refractivity contribution in [2.75, 3.05) is 18.4 Å². The summed E-state index contributed by atoms with van der Waals surface area (Å²) in [4.78, 5) is 2.54. The van der Waals surface area contributed by atoms with Gasteiger partial charge in [0.1, 0.15) is 0 Å². The first-order valence-electron chi connectivity index (χ1n) is 8.73. The number of nitrogens with zero attached hydrogens (tertiary/aromatic N) is 2. The van der Waals surface area contributed by atoms with Crippen molar-refractivity contribution in [2.45, 2.75) is 43.6 Å². The number of hydrogen-bond donors (Lipinski definition) is 1. The molecule has 2 aromatic rings. The average molecular weight is 388 g/mol. The van der Waals surface area contributed by atoms with Crippen LogP contribution in [0.1, 0.15) is 25.7 Å². The molecule has 1 saturated carbocycles. The summed E-state index contributed by atoms with van der Waals surface area (Å²) < 4.78 is 47.3. The molecule has 4 heterocycles. The second kappa shape index (κ2) is 5.42. The number of benzene rings is 1. The number of alkyl halides is 3. The van der Waals surface area contributed by atoms with Gasteiger partial charge in [0.2, 0.25) is 5.58 Å². The minimum Gasteiger partial charge on any atom is -0.400 e. The molecule has 1 aliphatic carbocycles. The number of piperidine rings is 3. The topological polar surface area (TPSA) is 50.5 Å². The van der Waals surface area contributed by atoms with Crippen molar-refractivity contribution >= 4 is 28.4 Å². The summed E-state index contributed by atoms with van der Waals surface area (Å²) in [6.45, 7) is 2.25. The number of halogens is 4. The number of aromatic nitrogens is 1. The van der Waals surface area contributed by atoms with Crippen LogP contribution in [0.15, 0.2) is 16.7 Å². The van der Waals surface area contributed by atoms with Gasteiger partial charge in [0.05, 0.1) is 10.4 Å². The van der Waals surface area contributed by atoms with Gasteiger partial charge in [-0.25, -0.2) is 0 Å². The largest absolute Gasteiger partial charge is 0.573 e. The number of ether oxygens (including phenoxy) is 1. The molecule has 0 unspecified atom stereocenters. The van der Waals surface area contributed by atoms with E-state index in [2.05, 4.69) is 20.1 Å². The second-order valence-electron chi connectivity index (χ2n) is 7.38. The van der Waals surface area contributed by atoms with E-state index in [9.17, 15) is 13.2 Å². The molecule has 3 aliphatic heterocycles. The molecule has 1 aromatic heterocycles. The van der Waals surface area contributed by atoms with Crippen LogP contribution in [-0.4, -0.2) is 41.1 Å². The van der Waals surface area contributed by atoms with E-state index in [1.807, 2.05) is 0 Å². The van der Waals surface area contributed by atoms with Gasteiger partial charge in [-0.2, -0.15) is 0 Å². The first-order chi connectivity index (χ1) is 12.4. The van der Waals surface area contributed by atoms with Crippen LogP contribution in [0.2, 0.25) is 5.02 Å². The predicted molar refractivity (Wildman–Crippen MR) is 89.4 cm³/mol. The molecule has 4 fully saturated rings. The van der Waals surface area contributed by atoms with Gasteiger partial charge in [-0.1, -0.05) is 16.8 Å². The minimum atomic E-state index is -4.85. The zero-order valence-electron chi connectivity index (χ0n) is 13.8. The van der Waals surface area contributed by atoms with Gasteiger partial charge in [0, 0.05) is 11.6 Å². The Kier molecular flexibility index (Phi) is 3.44. The number of nitrogens with one attached hydrogen (secondary N) is 1. The van der Waals surface area contributed by atoms with E-state index in [4.69, 9.17) is 16.1 Å². The van der Waals surface area contributed by atoms with Gasteiger partial charge in [0.25, 0.3) is 0 Å². The second-order valence-corrected chi connectivity index (χ2v) is 7.79. The number of rotatable bonds is 3. The Morgan fingerprint density at radius 2 is 2.00 bits per heavy atom. The molecule has 3 saturated heterocycles. The number of anilines is 1. The van der Waals surface area contributed by atoms with Crippen LogP contribution in [0.5, 0.6) is 5.75 Å². The Morgan fingerprint density at radius 3 is 2.65 bits per heavy atom. The summed E-state index contributed by atoms with van der Waals surface area (Å²) in [5.41, 5.74) is 0.0768. The molecular formula is C17H17ClF3N3O2. The standard InChI is InChI=1S/C17H17ClF3N3O2/c18-11-2-1-10-12(13(11)25-17(19,20)21)26-23-15(10)22-14-9-3-7-24(8-4-9)16(14)5-6-16/h1-2,9,14H,3-8H2,(H,22,23)/t14-/m0/s1.